The number of aromatic nitrogens is 2. The number of rotatable bonds is 16. The Kier molecular flexibility index (Phi) is 13.9. The molecule has 4 N–H and O–H groups in total. The van der Waals surface area contributed by atoms with Gasteiger partial charge in [-0.05, 0) is 94.4 Å². The Bertz CT molecular complexity index is 2650. The van der Waals surface area contributed by atoms with Crippen LogP contribution in [0.3, 0.4) is 0 Å². The highest BCUT2D eigenvalue weighted by Gasteiger charge is 2.40. The van der Waals surface area contributed by atoms with Crippen molar-refractivity contribution in [2.75, 3.05) is 87.1 Å². The fourth-order valence-electron chi connectivity index (χ4n) is 9.86. The number of carbonyl (C=O) groups excluding carboxylic acids is 3. The molecule has 5 aromatic rings. The van der Waals surface area contributed by atoms with E-state index >= 15 is 0 Å². The van der Waals surface area contributed by atoms with Crippen LogP contribution >= 0.6 is 18.7 Å². The van der Waals surface area contributed by atoms with Crippen molar-refractivity contribution in [1.29, 1.82) is 0 Å². The molecule has 6 heterocycles. The lowest BCUT2D eigenvalue weighted by Crippen LogP contribution is -2.53. The summed E-state index contributed by atoms with van der Waals surface area (Å²) in [4.78, 5) is 56.2. The van der Waals surface area contributed by atoms with Crippen LogP contribution in [-0.2, 0) is 20.7 Å². The molecular formula is C49H58ClN10O6P. The topological polar surface area (TPSA) is 178 Å². The Morgan fingerprint density at radius 2 is 1.72 bits per heavy atom. The van der Waals surface area contributed by atoms with Crippen LogP contribution < -0.4 is 36.2 Å². The standard InChI is InChI=1S/C49H58ClN10O6P/c1-65-43-28-34(13-14-40(43)54-49-51-29-37(50)46(56-49)53-41-9-4-5-12-44(41)67(2,3)64)58-21-17-33(18-22-58)59-25-23-57(24-26-59)20-7-11-38(32-19-27-66-31-32)52-39-10-6-8-35-36(39)30-60(48(35)63)42-15-16-45(61)55-47(42)62/h4-6,8-10,12-14,19,27-29,31,33,38,42,52H,7,11,15-18,20-26,30H2,1-3H3,(H,55,61,62)(H2,51,53,54,56). The largest absolute Gasteiger partial charge is 0.494 e. The van der Waals surface area contributed by atoms with Crippen molar-refractivity contribution in [1.82, 2.24) is 30.0 Å². The van der Waals surface area contributed by atoms with E-state index in [1.165, 1.54) is 6.20 Å². The maximum Gasteiger partial charge on any atom is 0.255 e. The van der Waals surface area contributed by atoms with Crippen LogP contribution in [0.1, 0.15) is 66.1 Å². The van der Waals surface area contributed by atoms with Gasteiger partial charge < -0.3 is 44.4 Å². The molecule has 0 spiro atoms. The summed E-state index contributed by atoms with van der Waals surface area (Å²) in [5, 5.41) is 13.7. The number of nitrogens with one attached hydrogen (secondary N) is 4. The Morgan fingerprint density at radius 1 is 0.925 bits per heavy atom. The molecule has 4 aliphatic heterocycles. The molecule has 2 unspecified atom stereocenters. The van der Waals surface area contributed by atoms with Crippen molar-refractivity contribution in [3.8, 4) is 5.75 Å². The van der Waals surface area contributed by atoms with Gasteiger partial charge in [0.15, 0.2) is 5.82 Å². The maximum atomic E-state index is 13.5. The Morgan fingerprint density at radius 3 is 2.46 bits per heavy atom. The lowest BCUT2D eigenvalue weighted by molar-refractivity contribution is -0.136. The summed E-state index contributed by atoms with van der Waals surface area (Å²) in [5.74, 6) is 0.538. The van der Waals surface area contributed by atoms with E-state index in [1.54, 1.807) is 37.9 Å². The second-order valence-corrected chi connectivity index (χ2v) is 21.7. The fourth-order valence-corrected chi connectivity index (χ4v) is 11.2. The summed E-state index contributed by atoms with van der Waals surface area (Å²) < 4.78 is 24.3. The van der Waals surface area contributed by atoms with Crippen LogP contribution in [-0.4, -0.2) is 121 Å². The third-order valence-corrected chi connectivity index (χ3v) is 15.3. The van der Waals surface area contributed by atoms with Gasteiger partial charge >= 0.3 is 0 Å². The van der Waals surface area contributed by atoms with Crippen molar-refractivity contribution in [3.05, 3.63) is 107 Å². The van der Waals surface area contributed by atoms with Crippen molar-refractivity contribution in [2.45, 2.75) is 63.2 Å². The van der Waals surface area contributed by atoms with E-state index in [0.29, 0.717) is 52.8 Å². The molecule has 0 radical (unpaired) electrons. The molecule has 16 nitrogen and oxygen atoms in total. The number of para-hydroxylation sites is 1. The Labute approximate surface area is 396 Å². The minimum atomic E-state index is -2.55. The molecule has 2 aromatic heterocycles. The van der Waals surface area contributed by atoms with E-state index < -0.39 is 19.1 Å². The van der Waals surface area contributed by atoms with Crippen molar-refractivity contribution in [3.63, 3.8) is 0 Å². The van der Waals surface area contributed by atoms with E-state index in [1.807, 2.05) is 54.6 Å². The SMILES string of the molecule is COc1cc(N2CCC(N3CCN(CCCC(Nc4cccc5c4CN(C4CCC(=O)NC4=O)C5=O)c4ccoc4)CC3)CC2)ccc1Nc1ncc(Cl)c(Nc2ccccc2P(C)(C)=O)n1. The number of anilines is 6. The average molecular weight is 949 g/mol. The van der Waals surface area contributed by atoms with E-state index in [-0.39, 0.29) is 24.3 Å². The number of piperidine rings is 2. The number of hydrogen-bond acceptors (Lipinski definition) is 14. The third kappa shape index (κ3) is 10.5. The highest BCUT2D eigenvalue weighted by atomic mass is 35.5. The number of furan rings is 1. The van der Waals surface area contributed by atoms with Crippen LogP contribution in [0.2, 0.25) is 5.02 Å². The van der Waals surface area contributed by atoms with Gasteiger partial charge in [0.2, 0.25) is 17.8 Å². The van der Waals surface area contributed by atoms with Gasteiger partial charge in [-0.3, -0.25) is 24.6 Å². The fraction of sp³-hybridized carbons (Fsp3) is 0.408. The normalized spacial score (nSPS) is 19.0. The molecule has 67 heavy (non-hydrogen) atoms. The Balaban J connectivity index is 0.746. The van der Waals surface area contributed by atoms with Gasteiger partial charge in [0.25, 0.3) is 5.91 Å². The van der Waals surface area contributed by atoms with Crippen molar-refractivity contribution >= 4 is 76.3 Å². The first-order valence-corrected chi connectivity index (χ1v) is 26.1. The molecular weight excluding hydrogens is 891 g/mol. The summed E-state index contributed by atoms with van der Waals surface area (Å²) in [6.45, 7) is 10.8. The smallest absolute Gasteiger partial charge is 0.255 e. The quantitative estimate of drug-likeness (QED) is 0.0567. The molecule has 3 fully saturated rings. The monoisotopic (exact) mass is 948 g/mol. The van der Waals surface area contributed by atoms with Crippen LogP contribution in [0.4, 0.5) is 34.5 Å². The number of benzene rings is 3. The third-order valence-electron chi connectivity index (χ3n) is 13.5. The number of amides is 3. The van der Waals surface area contributed by atoms with Crippen LogP contribution in [0.25, 0.3) is 0 Å². The minimum absolute atomic E-state index is 0.0214. The molecule has 3 amide bonds. The molecule has 4 aliphatic rings. The van der Waals surface area contributed by atoms with Crippen LogP contribution in [0.15, 0.2) is 89.9 Å². The first kappa shape index (κ1) is 46.2. The molecule has 9 rings (SSSR count). The molecule has 2 atom stereocenters. The van der Waals surface area contributed by atoms with Crippen LogP contribution in [0.5, 0.6) is 5.75 Å². The number of nitrogens with zero attached hydrogens (tertiary/aromatic N) is 6. The van der Waals surface area contributed by atoms with E-state index in [4.69, 9.17) is 20.8 Å². The number of hydrogen-bond donors (Lipinski definition) is 4. The van der Waals surface area contributed by atoms with Gasteiger partial charge in [0.05, 0.1) is 43.2 Å². The first-order valence-electron chi connectivity index (χ1n) is 23.1. The first-order chi connectivity index (χ1) is 32.4. The van der Waals surface area contributed by atoms with Gasteiger partial charge in [-0.1, -0.05) is 29.8 Å². The van der Waals surface area contributed by atoms with Gasteiger partial charge in [-0.2, -0.15) is 4.98 Å². The zero-order valence-corrected chi connectivity index (χ0v) is 39.8. The summed E-state index contributed by atoms with van der Waals surface area (Å²) in [6, 6.07) is 21.2. The second-order valence-electron chi connectivity index (χ2n) is 18.1. The zero-order chi connectivity index (χ0) is 46.7. The predicted octanol–water partition coefficient (Wildman–Crippen LogP) is 7.45. The summed E-state index contributed by atoms with van der Waals surface area (Å²) in [6.07, 6.45) is 9.59. The molecule has 3 aromatic carbocycles. The minimum Gasteiger partial charge on any atom is -0.494 e. The Hall–Kier alpha value is -5.93. The van der Waals surface area contributed by atoms with Crippen LogP contribution in [0, 0.1) is 0 Å². The van der Waals surface area contributed by atoms with Gasteiger partial charge in [-0.25, -0.2) is 4.98 Å². The highest BCUT2D eigenvalue weighted by molar-refractivity contribution is 7.70. The van der Waals surface area contributed by atoms with Gasteiger partial charge in [0, 0.05) is 97.7 Å². The molecule has 18 heteroatoms. The number of fused-ring (bicyclic) bond motifs is 1. The molecule has 3 saturated heterocycles. The van der Waals surface area contributed by atoms with Crippen molar-refractivity contribution in [2.24, 2.45) is 0 Å². The number of carbonyl (C=O) groups is 3. The highest BCUT2D eigenvalue weighted by Crippen LogP contribution is 2.40. The predicted molar refractivity (Wildman–Crippen MR) is 262 cm³/mol. The number of piperazine rings is 1. The lowest BCUT2D eigenvalue weighted by atomic mass is 10.0. The van der Waals surface area contributed by atoms with Gasteiger partial charge in [-0.15, -0.1) is 0 Å². The lowest BCUT2D eigenvalue weighted by Gasteiger charge is -2.43. The summed E-state index contributed by atoms with van der Waals surface area (Å²) >= 11 is 6.50. The number of methoxy groups -OCH3 is 1. The molecule has 352 valence electrons. The second kappa shape index (κ2) is 20.1. The number of halogens is 1. The van der Waals surface area contributed by atoms with Gasteiger partial charge in [0.1, 0.15) is 24.0 Å². The maximum absolute atomic E-state index is 13.5. The number of ether oxygens (including phenoxy) is 1. The summed E-state index contributed by atoms with van der Waals surface area (Å²) in [5.41, 5.74) is 5.90. The number of imide groups is 1. The van der Waals surface area contributed by atoms with E-state index in [9.17, 15) is 18.9 Å². The zero-order valence-electron chi connectivity index (χ0n) is 38.2. The molecule has 0 aliphatic carbocycles. The van der Waals surface area contributed by atoms with E-state index in [0.717, 1.165) is 105 Å². The van der Waals surface area contributed by atoms with Crippen molar-refractivity contribution < 1.29 is 28.1 Å². The molecule has 0 bridgehead atoms. The average Bonchev–Trinajstić information content (AvgIpc) is 3.99. The summed E-state index contributed by atoms with van der Waals surface area (Å²) in [7, 11) is -0.896. The van der Waals surface area contributed by atoms with E-state index in [2.05, 4.69) is 58.1 Å². The molecule has 0 saturated carbocycles.